The van der Waals surface area contributed by atoms with Crippen LogP contribution in [0.3, 0.4) is 0 Å². The molecule has 7 heteroatoms. The summed E-state index contributed by atoms with van der Waals surface area (Å²) in [4.78, 5) is 15.7. The van der Waals surface area contributed by atoms with Crippen molar-refractivity contribution in [1.29, 1.82) is 0 Å². The van der Waals surface area contributed by atoms with Crippen LogP contribution in [-0.2, 0) is 11.2 Å². The Labute approximate surface area is 176 Å². The van der Waals surface area contributed by atoms with Gasteiger partial charge >= 0.3 is 5.97 Å². The zero-order chi connectivity index (χ0) is 21.5. The number of aliphatic carboxylic acids is 1. The first-order valence-electron chi connectivity index (χ1n) is 10.2. The number of hydrogen-bond donors (Lipinski definition) is 1. The van der Waals surface area contributed by atoms with E-state index in [2.05, 4.69) is 9.80 Å². The summed E-state index contributed by atoms with van der Waals surface area (Å²) < 4.78 is 23.8. The van der Waals surface area contributed by atoms with Crippen LogP contribution in [0.25, 0.3) is 0 Å². The maximum atomic E-state index is 13.2. The van der Waals surface area contributed by atoms with Crippen molar-refractivity contribution >= 4 is 11.7 Å². The van der Waals surface area contributed by atoms with Crippen LogP contribution in [0, 0.1) is 5.82 Å². The number of carboxylic acid groups (broad SMARTS) is 1. The highest BCUT2D eigenvalue weighted by Crippen LogP contribution is 2.28. The summed E-state index contributed by atoms with van der Waals surface area (Å²) in [7, 11) is 3.21. The van der Waals surface area contributed by atoms with Gasteiger partial charge in [-0.15, -0.1) is 0 Å². The van der Waals surface area contributed by atoms with E-state index in [0.717, 1.165) is 43.6 Å². The Morgan fingerprint density at radius 3 is 2.37 bits per heavy atom. The predicted octanol–water partition coefficient (Wildman–Crippen LogP) is 3.44. The summed E-state index contributed by atoms with van der Waals surface area (Å²) in [6.45, 7) is 2.32. The second kappa shape index (κ2) is 10.3. The van der Waals surface area contributed by atoms with Gasteiger partial charge in [-0.25, -0.2) is 4.39 Å². The molecule has 0 bridgehead atoms. The van der Waals surface area contributed by atoms with Gasteiger partial charge in [-0.2, -0.15) is 0 Å². The van der Waals surface area contributed by atoms with E-state index in [1.54, 1.807) is 26.4 Å². The molecular formula is C23H29FN2O4. The molecule has 0 radical (unpaired) electrons. The summed E-state index contributed by atoms with van der Waals surface area (Å²) in [5.41, 5.74) is 2.08. The van der Waals surface area contributed by atoms with E-state index in [4.69, 9.17) is 9.47 Å². The molecule has 1 aliphatic heterocycles. The summed E-state index contributed by atoms with van der Waals surface area (Å²) in [6.07, 6.45) is 2.47. The van der Waals surface area contributed by atoms with Gasteiger partial charge in [0.1, 0.15) is 5.82 Å². The van der Waals surface area contributed by atoms with Crippen LogP contribution in [0.15, 0.2) is 42.5 Å². The largest absolute Gasteiger partial charge is 0.493 e. The van der Waals surface area contributed by atoms with Gasteiger partial charge in [0.15, 0.2) is 11.5 Å². The van der Waals surface area contributed by atoms with Gasteiger partial charge in [-0.1, -0.05) is 6.07 Å². The molecule has 0 aromatic heterocycles. The third-order valence-electron chi connectivity index (χ3n) is 5.65. The average Bonchev–Trinajstić information content (AvgIpc) is 2.77. The number of benzene rings is 2. The first-order chi connectivity index (χ1) is 14.5. The maximum absolute atomic E-state index is 13.2. The summed E-state index contributed by atoms with van der Waals surface area (Å²) >= 11 is 0. The highest BCUT2D eigenvalue weighted by molar-refractivity contribution is 5.69. The quantitative estimate of drug-likeness (QED) is 0.676. The van der Waals surface area contributed by atoms with Gasteiger partial charge in [0, 0.05) is 31.4 Å². The van der Waals surface area contributed by atoms with Crippen LogP contribution < -0.4 is 14.4 Å². The molecule has 162 valence electrons. The Bertz CT molecular complexity index is 836. The average molecular weight is 416 g/mol. The van der Waals surface area contributed by atoms with Gasteiger partial charge < -0.3 is 19.5 Å². The number of nitrogens with zero attached hydrogens (tertiary/aromatic N) is 2. The molecule has 1 heterocycles. The van der Waals surface area contributed by atoms with E-state index < -0.39 is 5.97 Å². The number of ether oxygens (including phenoxy) is 2. The van der Waals surface area contributed by atoms with E-state index in [-0.39, 0.29) is 18.4 Å². The van der Waals surface area contributed by atoms with Gasteiger partial charge in [0.25, 0.3) is 0 Å². The molecule has 0 unspecified atom stereocenters. The summed E-state index contributed by atoms with van der Waals surface area (Å²) in [5, 5.41) is 9.39. The van der Waals surface area contributed by atoms with Crippen molar-refractivity contribution < 1.29 is 23.8 Å². The minimum atomic E-state index is -0.816. The topological polar surface area (TPSA) is 62.2 Å². The third-order valence-corrected chi connectivity index (χ3v) is 5.65. The van der Waals surface area contributed by atoms with Crippen LogP contribution in [0.2, 0.25) is 0 Å². The summed E-state index contributed by atoms with van der Waals surface area (Å²) in [5.74, 6) is 0.295. The SMILES string of the molecule is COc1ccc(CCN(CC(=O)O)C2CCN(c3ccc(F)cc3)CC2)cc1OC. The fraction of sp³-hybridized carbons (Fsp3) is 0.435. The van der Waals surface area contributed by atoms with Crippen molar-refractivity contribution in [3.8, 4) is 11.5 Å². The Morgan fingerprint density at radius 2 is 1.77 bits per heavy atom. The van der Waals surface area contributed by atoms with Gasteiger partial charge in [-0.3, -0.25) is 9.69 Å². The molecule has 6 nitrogen and oxygen atoms in total. The number of hydrogen-bond acceptors (Lipinski definition) is 5. The lowest BCUT2D eigenvalue weighted by atomic mass is 10.0. The van der Waals surface area contributed by atoms with Gasteiger partial charge in [-0.05, 0) is 61.2 Å². The van der Waals surface area contributed by atoms with Crippen molar-refractivity contribution in [3.63, 3.8) is 0 Å². The van der Waals surface area contributed by atoms with E-state index >= 15 is 0 Å². The molecule has 1 fully saturated rings. The summed E-state index contributed by atoms with van der Waals surface area (Å²) in [6, 6.07) is 12.5. The zero-order valence-electron chi connectivity index (χ0n) is 17.5. The monoisotopic (exact) mass is 416 g/mol. The number of carboxylic acids is 1. The number of halogens is 1. The minimum Gasteiger partial charge on any atom is -0.493 e. The normalized spacial score (nSPS) is 14.7. The lowest BCUT2D eigenvalue weighted by Gasteiger charge is -2.39. The number of piperidine rings is 1. The molecule has 0 amide bonds. The standard InChI is InChI=1S/C23H29FN2O4/c1-29-21-8-3-17(15-22(21)30-2)9-12-26(16-23(27)28)20-10-13-25(14-11-20)19-6-4-18(24)5-7-19/h3-8,15,20H,9-14,16H2,1-2H3,(H,27,28). The molecule has 0 spiro atoms. The zero-order valence-corrected chi connectivity index (χ0v) is 17.5. The highest BCUT2D eigenvalue weighted by Gasteiger charge is 2.26. The van der Waals surface area contributed by atoms with Gasteiger partial charge in [0.2, 0.25) is 0 Å². The van der Waals surface area contributed by atoms with Crippen LogP contribution in [0.1, 0.15) is 18.4 Å². The second-order valence-corrected chi connectivity index (χ2v) is 7.50. The Balaban J connectivity index is 1.61. The second-order valence-electron chi connectivity index (χ2n) is 7.50. The van der Waals surface area contributed by atoms with Crippen molar-refractivity contribution in [2.45, 2.75) is 25.3 Å². The van der Waals surface area contributed by atoms with Crippen LogP contribution in [0.5, 0.6) is 11.5 Å². The predicted molar refractivity (Wildman–Crippen MR) is 114 cm³/mol. The molecule has 2 aromatic rings. The third kappa shape index (κ3) is 5.63. The molecule has 1 aliphatic rings. The molecule has 30 heavy (non-hydrogen) atoms. The first kappa shape index (κ1) is 21.9. The Morgan fingerprint density at radius 1 is 1.10 bits per heavy atom. The van der Waals surface area contributed by atoms with E-state index in [9.17, 15) is 14.3 Å². The minimum absolute atomic E-state index is 0.0223. The fourth-order valence-corrected chi connectivity index (χ4v) is 4.01. The maximum Gasteiger partial charge on any atom is 0.317 e. The molecule has 3 rings (SSSR count). The molecule has 0 atom stereocenters. The molecule has 0 aliphatic carbocycles. The number of methoxy groups -OCH3 is 2. The Hall–Kier alpha value is -2.80. The highest BCUT2D eigenvalue weighted by atomic mass is 19.1. The van der Waals surface area contributed by atoms with Gasteiger partial charge in [0.05, 0.1) is 20.8 Å². The van der Waals surface area contributed by atoms with E-state index in [1.807, 2.05) is 18.2 Å². The lowest BCUT2D eigenvalue weighted by Crippen LogP contribution is -2.47. The number of rotatable bonds is 9. The Kier molecular flexibility index (Phi) is 7.52. The first-order valence-corrected chi connectivity index (χ1v) is 10.2. The van der Waals surface area contributed by atoms with E-state index in [1.165, 1.54) is 12.1 Å². The molecule has 1 N–H and O–H groups in total. The number of carbonyl (C=O) groups is 1. The van der Waals surface area contributed by atoms with Crippen molar-refractivity contribution in [1.82, 2.24) is 4.90 Å². The molecular weight excluding hydrogens is 387 g/mol. The van der Waals surface area contributed by atoms with Crippen molar-refractivity contribution in [3.05, 3.63) is 53.8 Å². The lowest BCUT2D eigenvalue weighted by molar-refractivity contribution is -0.139. The van der Waals surface area contributed by atoms with Crippen LogP contribution >= 0.6 is 0 Å². The van der Waals surface area contributed by atoms with E-state index in [0.29, 0.717) is 18.0 Å². The van der Waals surface area contributed by atoms with Crippen LogP contribution in [-0.4, -0.2) is 62.4 Å². The van der Waals surface area contributed by atoms with Crippen LogP contribution in [0.4, 0.5) is 10.1 Å². The number of anilines is 1. The molecule has 0 saturated carbocycles. The molecule has 1 saturated heterocycles. The smallest absolute Gasteiger partial charge is 0.317 e. The fourth-order valence-electron chi connectivity index (χ4n) is 4.01. The van der Waals surface area contributed by atoms with Crippen molar-refractivity contribution in [2.75, 3.05) is 45.3 Å². The van der Waals surface area contributed by atoms with Crippen molar-refractivity contribution in [2.24, 2.45) is 0 Å². The molecule has 2 aromatic carbocycles.